The zero-order valence-corrected chi connectivity index (χ0v) is 21.4. The summed E-state index contributed by atoms with van der Waals surface area (Å²) in [5.41, 5.74) is 4.04. The lowest BCUT2D eigenvalue weighted by Crippen LogP contribution is -2.23. The van der Waals surface area contributed by atoms with E-state index in [0.717, 1.165) is 23.8 Å². The van der Waals surface area contributed by atoms with Crippen molar-refractivity contribution in [3.05, 3.63) is 83.4 Å². The first-order valence-electron chi connectivity index (χ1n) is 13.7. The smallest absolute Gasteiger partial charge is 0.315 e. The molecule has 2 aliphatic rings. The highest BCUT2D eigenvalue weighted by Gasteiger charge is 2.31. The summed E-state index contributed by atoms with van der Waals surface area (Å²) in [6, 6.07) is 15.9. The fourth-order valence-electron chi connectivity index (χ4n) is 6.00. The maximum absolute atomic E-state index is 14.6. The molecule has 2 aromatic carbocycles. The van der Waals surface area contributed by atoms with Crippen LogP contribution in [0.5, 0.6) is 0 Å². The number of alkyl halides is 2. The average molecular weight is 481 g/mol. The fourth-order valence-corrected chi connectivity index (χ4v) is 6.00. The van der Waals surface area contributed by atoms with Crippen LogP contribution in [0.3, 0.4) is 0 Å². The normalized spacial score (nSPS) is 25.3. The van der Waals surface area contributed by atoms with Crippen LogP contribution in [0.4, 0.5) is 8.78 Å². The van der Waals surface area contributed by atoms with Crippen molar-refractivity contribution in [3.8, 4) is 0 Å². The maximum atomic E-state index is 14.6. The van der Waals surface area contributed by atoms with Crippen LogP contribution in [0.2, 0.25) is 0 Å². The van der Waals surface area contributed by atoms with E-state index in [1.54, 1.807) is 0 Å². The second-order valence-corrected chi connectivity index (χ2v) is 11.1. The molecule has 0 radical (unpaired) electrons. The molecule has 0 aliphatic heterocycles. The van der Waals surface area contributed by atoms with Crippen molar-refractivity contribution in [2.75, 3.05) is 0 Å². The molecule has 2 fully saturated rings. The first-order valence-corrected chi connectivity index (χ1v) is 13.7. The molecule has 190 valence electrons. The summed E-state index contributed by atoms with van der Waals surface area (Å²) < 4.78 is 34.2. The highest BCUT2D eigenvalue weighted by atomic mass is 19.3. The first-order chi connectivity index (χ1) is 16.9. The molecule has 4 rings (SSSR count). The van der Waals surface area contributed by atoms with Gasteiger partial charge in [0.15, 0.2) is 0 Å². The van der Waals surface area contributed by atoms with E-state index in [9.17, 15) is 8.78 Å². The van der Waals surface area contributed by atoms with Crippen LogP contribution in [0, 0.1) is 11.8 Å². The van der Waals surface area contributed by atoms with Gasteiger partial charge < -0.3 is 4.74 Å². The first kappa shape index (κ1) is 26.1. The van der Waals surface area contributed by atoms with Gasteiger partial charge in [0.25, 0.3) is 0 Å². The highest BCUT2D eigenvalue weighted by molar-refractivity contribution is 5.27. The van der Waals surface area contributed by atoms with E-state index < -0.39 is 6.11 Å². The molecule has 0 bridgehead atoms. The second-order valence-electron chi connectivity index (χ2n) is 11.1. The van der Waals surface area contributed by atoms with Crippen LogP contribution in [-0.4, -0.2) is 6.11 Å². The van der Waals surface area contributed by atoms with Crippen molar-refractivity contribution in [1.29, 1.82) is 0 Å². The lowest BCUT2D eigenvalue weighted by Gasteiger charge is -2.28. The predicted octanol–water partition coefficient (Wildman–Crippen LogP) is 9.57. The lowest BCUT2D eigenvalue weighted by atomic mass is 9.77. The van der Waals surface area contributed by atoms with Crippen molar-refractivity contribution in [1.82, 2.24) is 0 Å². The van der Waals surface area contributed by atoms with Gasteiger partial charge in [-0.25, -0.2) is 0 Å². The van der Waals surface area contributed by atoms with Gasteiger partial charge in [0, 0.05) is 0 Å². The van der Waals surface area contributed by atoms with Gasteiger partial charge in [0.1, 0.15) is 0 Å². The van der Waals surface area contributed by atoms with E-state index in [-0.39, 0.29) is 13.0 Å². The van der Waals surface area contributed by atoms with E-state index in [2.05, 4.69) is 25.6 Å². The Kier molecular flexibility index (Phi) is 9.16. The quantitative estimate of drug-likeness (QED) is 0.308. The Morgan fingerprint density at radius 3 is 1.86 bits per heavy atom. The number of hydrogen-bond donors (Lipinski definition) is 0. The van der Waals surface area contributed by atoms with Gasteiger partial charge in [-0.1, -0.05) is 74.4 Å². The Labute approximate surface area is 211 Å². The van der Waals surface area contributed by atoms with Crippen LogP contribution in [0.15, 0.2) is 61.2 Å². The molecule has 0 spiro atoms. The van der Waals surface area contributed by atoms with Crippen LogP contribution < -0.4 is 0 Å². The van der Waals surface area contributed by atoms with Gasteiger partial charge in [-0.2, -0.15) is 8.78 Å². The molecule has 0 unspecified atom stereocenters. The van der Waals surface area contributed by atoms with Crippen molar-refractivity contribution >= 4 is 0 Å². The fraction of sp³-hybridized carbons (Fsp3) is 0.562. The monoisotopic (exact) mass is 480 g/mol. The van der Waals surface area contributed by atoms with E-state index in [4.69, 9.17) is 4.74 Å². The molecule has 35 heavy (non-hydrogen) atoms. The van der Waals surface area contributed by atoms with Gasteiger partial charge >= 0.3 is 6.11 Å². The third-order valence-electron chi connectivity index (χ3n) is 8.40. The van der Waals surface area contributed by atoms with Crippen molar-refractivity contribution < 1.29 is 13.5 Å². The zero-order chi connectivity index (χ0) is 24.7. The molecule has 0 saturated heterocycles. The predicted molar refractivity (Wildman–Crippen MR) is 141 cm³/mol. The molecule has 1 nitrogen and oxygen atoms in total. The second kappa shape index (κ2) is 12.3. The van der Waals surface area contributed by atoms with Crippen molar-refractivity contribution in [3.63, 3.8) is 0 Å². The molecule has 0 aromatic heterocycles. The Bertz CT molecular complexity index is 902. The minimum Gasteiger partial charge on any atom is -0.315 e. The highest BCUT2D eigenvalue weighted by Crippen LogP contribution is 2.38. The number of halogens is 2. The molecule has 2 aliphatic carbocycles. The zero-order valence-electron chi connectivity index (χ0n) is 21.4. The number of hydrogen-bond acceptors (Lipinski definition) is 1. The van der Waals surface area contributed by atoms with Crippen LogP contribution >= 0.6 is 0 Å². The standard InChI is InChI=1S/C32H42F2O/c1-3-4-5-25-8-16-29(17-9-25)31-20-12-27(13-21-31)23-35-32(33,34)22-26-10-18-30(19-11-26)28-14-6-24(2)7-15-28/h3,10-13,18-21,24-25,28-29H,1,4-9,14-17,22-23H2,2H3. The van der Waals surface area contributed by atoms with Gasteiger partial charge in [-0.05, 0) is 97.3 Å². The number of rotatable bonds is 10. The van der Waals surface area contributed by atoms with Crippen LogP contribution in [0.1, 0.15) is 105 Å². The maximum Gasteiger partial charge on any atom is 0.360 e. The summed E-state index contributed by atoms with van der Waals surface area (Å²) >= 11 is 0. The number of allylic oxidation sites excluding steroid dienone is 1. The van der Waals surface area contributed by atoms with E-state index in [1.165, 1.54) is 68.9 Å². The molecular formula is C32H42F2O. The molecule has 0 heterocycles. The van der Waals surface area contributed by atoms with E-state index >= 15 is 0 Å². The molecular weight excluding hydrogens is 438 g/mol. The summed E-state index contributed by atoms with van der Waals surface area (Å²) in [5.74, 6) is 2.80. The van der Waals surface area contributed by atoms with Gasteiger partial charge in [0.2, 0.25) is 0 Å². The van der Waals surface area contributed by atoms with Gasteiger partial charge in [-0.15, -0.1) is 6.58 Å². The Hall–Kier alpha value is -2.00. The van der Waals surface area contributed by atoms with Crippen molar-refractivity contribution in [2.24, 2.45) is 11.8 Å². The molecule has 3 heteroatoms. The topological polar surface area (TPSA) is 9.23 Å². The minimum absolute atomic E-state index is 0.0695. The van der Waals surface area contributed by atoms with Crippen LogP contribution in [0.25, 0.3) is 0 Å². The summed E-state index contributed by atoms with van der Waals surface area (Å²) in [5, 5.41) is 0. The van der Waals surface area contributed by atoms with Gasteiger partial charge in [-0.3, -0.25) is 0 Å². The number of benzene rings is 2. The van der Waals surface area contributed by atoms with E-state index in [0.29, 0.717) is 17.4 Å². The molecule has 0 N–H and O–H groups in total. The molecule has 2 aromatic rings. The molecule has 0 amide bonds. The summed E-state index contributed by atoms with van der Waals surface area (Å²) in [6.07, 6.45) is 10.7. The average Bonchev–Trinajstić information content (AvgIpc) is 2.88. The van der Waals surface area contributed by atoms with E-state index in [1.807, 2.05) is 42.5 Å². The summed E-state index contributed by atoms with van der Waals surface area (Å²) in [6.45, 7) is 6.07. The SMILES string of the molecule is C=CCCC1CCC(c2ccc(COC(F)(F)Cc3ccc(C4CCC(C)CC4)cc3)cc2)CC1. The van der Waals surface area contributed by atoms with Crippen molar-refractivity contribution in [2.45, 2.75) is 102 Å². The largest absolute Gasteiger partial charge is 0.360 e. The number of ether oxygens (including phenoxy) is 1. The summed E-state index contributed by atoms with van der Waals surface area (Å²) in [7, 11) is 0. The molecule has 0 atom stereocenters. The lowest BCUT2D eigenvalue weighted by molar-refractivity contribution is -0.244. The van der Waals surface area contributed by atoms with Crippen LogP contribution in [-0.2, 0) is 17.8 Å². The summed E-state index contributed by atoms with van der Waals surface area (Å²) in [4.78, 5) is 0. The Morgan fingerprint density at radius 2 is 1.31 bits per heavy atom. The Morgan fingerprint density at radius 1 is 0.800 bits per heavy atom. The Balaban J connectivity index is 1.23. The van der Waals surface area contributed by atoms with Gasteiger partial charge in [0.05, 0.1) is 13.0 Å². The molecule has 2 saturated carbocycles. The minimum atomic E-state index is -3.18. The third-order valence-corrected chi connectivity index (χ3v) is 8.40. The third kappa shape index (κ3) is 7.74.